The van der Waals surface area contributed by atoms with E-state index in [-0.39, 0.29) is 22.8 Å². The first kappa shape index (κ1) is 28.6. The van der Waals surface area contributed by atoms with Crippen molar-refractivity contribution >= 4 is 42.6 Å². The van der Waals surface area contributed by atoms with Gasteiger partial charge in [0.1, 0.15) is 5.75 Å². The van der Waals surface area contributed by atoms with Gasteiger partial charge in [-0.05, 0) is 43.2 Å². The SMILES string of the molecule is CN(C)CCNc1cccc2c(CC(F)(F)F)c(C#CCNc3ccc(S(C)(=O)=O)cc3OCF)sc12. The molecule has 0 fully saturated rings. The molecular weight excluding hydrogens is 530 g/mol. The van der Waals surface area contributed by atoms with E-state index in [1.807, 2.05) is 25.1 Å². The highest BCUT2D eigenvalue weighted by Crippen LogP contribution is 2.39. The molecule has 0 aliphatic rings. The van der Waals surface area contributed by atoms with Crippen molar-refractivity contribution in [2.45, 2.75) is 17.5 Å². The van der Waals surface area contributed by atoms with Crippen LogP contribution in [-0.4, -0.2) is 66.3 Å². The van der Waals surface area contributed by atoms with Crippen LogP contribution in [-0.2, 0) is 16.3 Å². The number of anilines is 2. The van der Waals surface area contributed by atoms with Gasteiger partial charge in [-0.15, -0.1) is 11.3 Å². The minimum atomic E-state index is -4.41. The van der Waals surface area contributed by atoms with Crippen LogP contribution < -0.4 is 15.4 Å². The number of fused-ring (bicyclic) bond motifs is 1. The number of likely N-dealkylation sites (N-methyl/N-ethyl adjacent to an activating group) is 1. The number of benzene rings is 2. The Bertz CT molecular complexity index is 1410. The Kier molecular flexibility index (Phi) is 9.28. The first-order valence-corrected chi connectivity index (χ1v) is 13.8. The van der Waals surface area contributed by atoms with Gasteiger partial charge in [0.2, 0.25) is 6.86 Å². The molecule has 2 N–H and O–H groups in total. The van der Waals surface area contributed by atoms with Crippen molar-refractivity contribution < 1.29 is 30.7 Å². The maximum atomic E-state index is 13.4. The number of halogens is 4. The molecule has 0 bridgehead atoms. The Morgan fingerprint density at radius 3 is 2.51 bits per heavy atom. The van der Waals surface area contributed by atoms with Gasteiger partial charge in [-0.1, -0.05) is 24.0 Å². The van der Waals surface area contributed by atoms with Crippen molar-refractivity contribution in [3.63, 3.8) is 0 Å². The van der Waals surface area contributed by atoms with E-state index < -0.39 is 29.3 Å². The quantitative estimate of drug-likeness (QED) is 0.265. The predicted molar refractivity (Wildman–Crippen MR) is 140 cm³/mol. The zero-order valence-electron chi connectivity index (χ0n) is 20.5. The second-order valence-electron chi connectivity index (χ2n) is 8.45. The normalized spacial score (nSPS) is 11.9. The van der Waals surface area contributed by atoms with E-state index in [9.17, 15) is 26.0 Å². The topological polar surface area (TPSA) is 70.7 Å². The van der Waals surface area contributed by atoms with E-state index in [1.54, 1.807) is 12.1 Å². The largest absolute Gasteiger partial charge is 0.461 e. The number of hydrogen-bond donors (Lipinski definition) is 2. The van der Waals surface area contributed by atoms with Gasteiger partial charge in [0.05, 0.1) is 38.8 Å². The average Bonchev–Trinajstić information content (AvgIpc) is 3.13. The second-order valence-corrected chi connectivity index (χ2v) is 11.5. The number of nitrogens with one attached hydrogen (secondary N) is 2. The summed E-state index contributed by atoms with van der Waals surface area (Å²) in [5.41, 5.74) is 1.17. The fraction of sp³-hybridized carbons (Fsp3) is 0.360. The van der Waals surface area contributed by atoms with Gasteiger partial charge in [0.15, 0.2) is 9.84 Å². The van der Waals surface area contributed by atoms with Gasteiger partial charge in [-0.25, -0.2) is 12.8 Å². The Morgan fingerprint density at radius 2 is 1.86 bits per heavy atom. The Morgan fingerprint density at radius 1 is 1.11 bits per heavy atom. The molecule has 1 heterocycles. The van der Waals surface area contributed by atoms with E-state index in [2.05, 4.69) is 22.5 Å². The van der Waals surface area contributed by atoms with Crippen LogP contribution in [0, 0.1) is 11.8 Å². The summed E-state index contributed by atoms with van der Waals surface area (Å²) in [6.45, 7) is 0.231. The lowest BCUT2D eigenvalue weighted by molar-refractivity contribution is -0.126. The molecule has 0 aliphatic carbocycles. The summed E-state index contributed by atoms with van der Waals surface area (Å²) in [6.07, 6.45) is -4.49. The lowest BCUT2D eigenvalue weighted by Gasteiger charge is -2.12. The van der Waals surface area contributed by atoms with Crippen molar-refractivity contribution in [1.29, 1.82) is 0 Å². The van der Waals surface area contributed by atoms with Crippen LogP contribution in [0.25, 0.3) is 10.1 Å². The maximum absolute atomic E-state index is 13.4. The Labute approximate surface area is 217 Å². The summed E-state index contributed by atoms with van der Waals surface area (Å²) in [4.78, 5) is 2.27. The molecule has 3 rings (SSSR count). The van der Waals surface area contributed by atoms with Crippen LogP contribution in [0.5, 0.6) is 5.75 Å². The third-order valence-corrected chi connectivity index (χ3v) is 7.54. The molecule has 3 aromatic rings. The second kappa shape index (κ2) is 12.0. The van der Waals surface area contributed by atoms with Crippen molar-refractivity contribution in [1.82, 2.24) is 4.90 Å². The smallest absolute Gasteiger partial charge is 0.393 e. The Hall–Kier alpha value is -3.01. The fourth-order valence-corrected chi connectivity index (χ4v) is 5.34. The number of sulfone groups is 1. The highest BCUT2D eigenvalue weighted by molar-refractivity contribution is 7.90. The van der Waals surface area contributed by atoms with Crippen LogP contribution in [0.4, 0.5) is 28.9 Å². The van der Waals surface area contributed by atoms with Gasteiger partial charge >= 0.3 is 6.18 Å². The monoisotopic (exact) mass is 557 g/mol. The van der Waals surface area contributed by atoms with Crippen LogP contribution in [0.3, 0.4) is 0 Å². The average molecular weight is 558 g/mol. The first-order chi connectivity index (χ1) is 17.4. The van der Waals surface area contributed by atoms with E-state index in [0.717, 1.165) is 18.5 Å². The molecule has 0 unspecified atom stereocenters. The summed E-state index contributed by atoms with van der Waals surface area (Å²) in [5, 5.41) is 6.69. The zero-order chi connectivity index (χ0) is 27.2. The van der Waals surface area contributed by atoms with E-state index >= 15 is 0 Å². The van der Waals surface area contributed by atoms with Gasteiger partial charge < -0.3 is 20.3 Å². The fourth-order valence-electron chi connectivity index (χ4n) is 3.52. The highest BCUT2D eigenvalue weighted by atomic mass is 32.2. The molecule has 200 valence electrons. The molecule has 0 aliphatic heterocycles. The lowest BCUT2D eigenvalue weighted by atomic mass is 10.1. The molecule has 0 saturated carbocycles. The highest BCUT2D eigenvalue weighted by Gasteiger charge is 2.31. The zero-order valence-corrected chi connectivity index (χ0v) is 22.1. The van der Waals surface area contributed by atoms with Gasteiger partial charge in [0.25, 0.3) is 0 Å². The van der Waals surface area contributed by atoms with Gasteiger partial charge in [-0.3, -0.25) is 0 Å². The number of rotatable bonds is 10. The Balaban J connectivity index is 1.88. The number of nitrogens with zero attached hydrogens (tertiary/aromatic N) is 1. The number of hydrogen-bond acceptors (Lipinski definition) is 7. The lowest BCUT2D eigenvalue weighted by Crippen LogP contribution is -2.20. The van der Waals surface area contributed by atoms with Gasteiger partial charge in [-0.2, -0.15) is 13.2 Å². The molecule has 0 amide bonds. The number of alkyl halides is 4. The summed E-state index contributed by atoms with van der Waals surface area (Å²) in [6, 6.07) is 9.17. The summed E-state index contributed by atoms with van der Waals surface area (Å²) >= 11 is 1.19. The molecule has 1 aromatic heterocycles. The molecule has 2 aromatic carbocycles. The van der Waals surface area contributed by atoms with E-state index in [0.29, 0.717) is 27.2 Å². The molecule has 0 atom stereocenters. The maximum Gasteiger partial charge on any atom is 0.393 e. The third kappa shape index (κ3) is 7.99. The molecule has 0 spiro atoms. The summed E-state index contributed by atoms with van der Waals surface area (Å²) < 4.78 is 82.1. The van der Waals surface area contributed by atoms with Crippen LogP contribution in [0.1, 0.15) is 10.4 Å². The minimum Gasteiger partial charge on any atom is -0.461 e. The molecule has 0 radical (unpaired) electrons. The standard InChI is InChI=1S/C25H27F4N3O3S2/c1-32(2)13-12-31-21-7-4-6-18-19(15-25(27,28)29)23(36-24(18)21)8-5-11-30-20-10-9-17(37(3,33)34)14-22(20)35-16-26/h4,6-7,9-10,14,30-31H,11-13,15-16H2,1-3H3. The minimum absolute atomic E-state index is 0.00844. The van der Waals surface area contributed by atoms with Crippen LogP contribution >= 0.6 is 11.3 Å². The molecule has 37 heavy (non-hydrogen) atoms. The molecular formula is C25H27F4N3O3S2. The van der Waals surface area contributed by atoms with Gasteiger partial charge in [0, 0.05) is 25.4 Å². The van der Waals surface area contributed by atoms with Crippen molar-refractivity contribution in [3.05, 3.63) is 46.8 Å². The summed E-state index contributed by atoms with van der Waals surface area (Å²) in [5.74, 6) is 5.65. The molecule has 6 nitrogen and oxygen atoms in total. The third-order valence-electron chi connectivity index (χ3n) is 5.23. The van der Waals surface area contributed by atoms with Crippen molar-refractivity contribution in [2.24, 2.45) is 0 Å². The molecule has 12 heteroatoms. The van der Waals surface area contributed by atoms with Crippen LogP contribution in [0.15, 0.2) is 41.3 Å². The number of ether oxygens (including phenoxy) is 1. The van der Waals surface area contributed by atoms with E-state index in [4.69, 9.17) is 4.74 Å². The first-order valence-electron chi connectivity index (χ1n) is 11.1. The van der Waals surface area contributed by atoms with Crippen LogP contribution in [0.2, 0.25) is 0 Å². The predicted octanol–water partition coefficient (Wildman–Crippen LogP) is 5.15. The number of thiophene rings is 1. The van der Waals surface area contributed by atoms with Crippen molar-refractivity contribution in [3.8, 4) is 17.6 Å². The summed E-state index contributed by atoms with van der Waals surface area (Å²) in [7, 11) is 0.343. The molecule has 0 saturated heterocycles. The van der Waals surface area contributed by atoms with E-state index in [1.165, 1.54) is 29.5 Å². The van der Waals surface area contributed by atoms with Crippen molar-refractivity contribution in [2.75, 3.05) is 57.5 Å².